The summed E-state index contributed by atoms with van der Waals surface area (Å²) in [6.45, 7) is 3.68. The van der Waals surface area contributed by atoms with Crippen LogP contribution in [-0.2, 0) is 16.1 Å². The second-order valence-corrected chi connectivity index (χ2v) is 7.83. The van der Waals surface area contributed by atoms with E-state index in [1.54, 1.807) is 0 Å². The molecule has 0 aromatic heterocycles. The van der Waals surface area contributed by atoms with Gasteiger partial charge < -0.3 is 25.2 Å². The zero-order valence-corrected chi connectivity index (χ0v) is 18.1. The first-order valence-corrected chi connectivity index (χ1v) is 10.6. The first-order chi connectivity index (χ1) is 14.0. The van der Waals surface area contributed by atoms with Crippen molar-refractivity contribution in [3.8, 4) is 0 Å². The van der Waals surface area contributed by atoms with Crippen LogP contribution in [0.5, 0.6) is 0 Å². The van der Waals surface area contributed by atoms with Gasteiger partial charge in [0.05, 0.1) is 0 Å². The summed E-state index contributed by atoms with van der Waals surface area (Å²) in [6.07, 6.45) is 5.60. The van der Waals surface area contributed by atoms with E-state index in [4.69, 9.17) is 4.74 Å². The van der Waals surface area contributed by atoms with Crippen LogP contribution in [0, 0.1) is 0 Å². The molecule has 2 rings (SSSR count). The van der Waals surface area contributed by atoms with E-state index in [9.17, 15) is 9.59 Å². The van der Waals surface area contributed by atoms with Crippen LogP contribution in [0.15, 0.2) is 18.2 Å². The molecule has 2 N–H and O–H groups in total. The number of rotatable bonds is 6. The number of fused-ring (bicyclic) bond motifs is 1. The number of nitrogens with zero attached hydrogens (tertiary/aromatic N) is 2. The monoisotopic (exact) mass is 404 g/mol. The fourth-order valence-electron chi connectivity index (χ4n) is 3.48. The molecule has 2 amide bonds. The van der Waals surface area contributed by atoms with Crippen molar-refractivity contribution in [1.82, 2.24) is 15.5 Å². The molecule has 0 saturated carbocycles. The Labute approximate surface area is 174 Å². The third kappa shape index (κ3) is 7.76. The number of hydrogen-bond donors (Lipinski definition) is 2. The summed E-state index contributed by atoms with van der Waals surface area (Å²) in [4.78, 5) is 29.1. The number of hydrogen-bond acceptors (Lipinski definition) is 5. The van der Waals surface area contributed by atoms with Crippen LogP contribution in [0.1, 0.15) is 48.0 Å². The zero-order valence-electron chi connectivity index (χ0n) is 18.1. The number of benzene rings is 1. The molecule has 0 bridgehead atoms. The summed E-state index contributed by atoms with van der Waals surface area (Å²) < 4.78 is 5.10. The Morgan fingerprint density at radius 2 is 1.93 bits per heavy atom. The Morgan fingerprint density at radius 3 is 2.69 bits per heavy atom. The highest BCUT2D eigenvalue weighted by Gasteiger charge is 2.20. The highest BCUT2D eigenvalue weighted by molar-refractivity contribution is 5.98. The van der Waals surface area contributed by atoms with Crippen LogP contribution in [0.25, 0.3) is 0 Å². The Kier molecular flexibility index (Phi) is 10.1. The minimum Gasteiger partial charge on any atom is -0.375 e. The number of likely N-dealkylation sites (N-methyl/N-ethyl adjacent to an activating group) is 1. The van der Waals surface area contributed by atoms with Gasteiger partial charge in [-0.2, -0.15) is 0 Å². The van der Waals surface area contributed by atoms with Crippen molar-refractivity contribution in [3.63, 3.8) is 0 Å². The number of ether oxygens (including phenoxy) is 1. The maximum absolute atomic E-state index is 12.7. The summed E-state index contributed by atoms with van der Waals surface area (Å²) in [5.41, 5.74) is 2.45. The van der Waals surface area contributed by atoms with Gasteiger partial charge in [-0.05, 0) is 57.2 Å². The van der Waals surface area contributed by atoms with Crippen molar-refractivity contribution in [2.24, 2.45) is 0 Å². The number of carbonyl (C=O) groups is 2. The van der Waals surface area contributed by atoms with Crippen LogP contribution < -0.4 is 15.5 Å². The predicted molar refractivity (Wildman–Crippen MR) is 116 cm³/mol. The van der Waals surface area contributed by atoms with Gasteiger partial charge in [0.1, 0.15) is 6.61 Å². The summed E-state index contributed by atoms with van der Waals surface area (Å²) in [5.74, 6) is -0.135. The van der Waals surface area contributed by atoms with Crippen molar-refractivity contribution in [2.45, 2.75) is 38.6 Å². The normalized spacial score (nSPS) is 15.9. The maximum atomic E-state index is 12.7. The van der Waals surface area contributed by atoms with E-state index in [1.807, 2.05) is 42.1 Å². The van der Waals surface area contributed by atoms with Gasteiger partial charge in [-0.3, -0.25) is 9.59 Å². The van der Waals surface area contributed by atoms with E-state index >= 15 is 0 Å². The smallest absolute Gasteiger partial charge is 0.252 e. The lowest BCUT2D eigenvalue weighted by molar-refractivity contribution is -0.122. The highest BCUT2D eigenvalue weighted by atomic mass is 16.5. The average Bonchev–Trinajstić information content (AvgIpc) is 2.68. The van der Waals surface area contributed by atoms with E-state index in [0.717, 1.165) is 43.6 Å². The van der Waals surface area contributed by atoms with Crippen molar-refractivity contribution in [2.75, 3.05) is 58.9 Å². The van der Waals surface area contributed by atoms with Crippen molar-refractivity contribution in [3.05, 3.63) is 29.3 Å². The fraction of sp³-hybridized carbons (Fsp3) is 0.636. The van der Waals surface area contributed by atoms with E-state index in [2.05, 4.69) is 10.6 Å². The zero-order chi connectivity index (χ0) is 21.1. The largest absolute Gasteiger partial charge is 0.375 e. The van der Waals surface area contributed by atoms with Gasteiger partial charge in [0.2, 0.25) is 0 Å². The fourth-order valence-corrected chi connectivity index (χ4v) is 3.48. The standard InChI is InChI=1S/C22H36N4O3/c1-25(2)14-12-24-22(28)18-9-10-20-19(15-18)16-23-11-7-5-4-6-8-13-26(20)21(27)17-29-3/h9-10,15,23H,4-8,11-14,16-17H2,1-3H3,(H,24,28). The van der Waals surface area contributed by atoms with E-state index in [0.29, 0.717) is 25.2 Å². The lowest BCUT2D eigenvalue weighted by Gasteiger charge is -2.26. The van der Waals surface area contributed by atoms with Crippen LogP contribution in [0.3, 0.4) is 0 Å². The SMILES string of the molecule is COCC(=O)N1CCCCCCCNCc2cc(C(=O)NCCN(C)C)ccc21. The molecule has 29 heavy (non-hydrogen) atoms. The second kappa shape index (κ2) is 12.6. The lowest BCUT2D eigenvalue weighted by atomic mass is 10.0. The van der Waals surface area contributed by atoms with Gasteiger partial charge in [0, 0.05) is 44.5 Å². The van der Waals surface area contributed by atoms with Gasteiger partial charge in [-0.1, -0.05) is 19.3 Å². The molecule has 162 valence electrons. The Morgan fingerprint density at radius 1 is 1.17 bits per heavy atom. The van der Waals surface area contributed by atoms with Crippen molar-refractivity contribution >= 4 is 17.5 Å². The molecule has 1 aliphatic heterocycles. The van der Waals surface area contributed by atoms with Gasteiger partial charge >= 0.3 is 0 Å². The molecule has 1 aromatic carbocycles. The molecule has 0 fully saturated rings. The molecule has 0 atom stereocenters. The number of anilines is 1. The van der Waals surface area contributed by atoms with E-state index in [-0.39, 0.29) is 18.4 Å². The topological polar surface area (TPSA) is 73.9 Å². The first kappa shape index (κ1) is 23.3. The van der Waals surface area contributed by atoms with Crippen LogP contribution in [0.4, 0.5) is 5.69 Å². The first-order valence-electron chi connectivity index (χ1n) is 10.6. The molecular weight excluding hydrogens is 368 g/mol. The van der Waals surface area contributed by atoms with E-state index in [1.165, 1.54) is 20.0 Å². The highest BCUT2D eigenvalue weighted by Crippen LogP contribution is 2.24. The van der Waals surface area contributed by atoms with Gasteiger partial charge in [-0.15, -0.1) is 0 Å². The summed E-state index contributed by atoms with van der Waals surface area (Å²) in [6, 6.07) is 5.62. The van der Waals surface area contributed by atoms with Crippen molar-refractivity contribution in [1.29, 1.82) is 0 Å². The van der Waals surface area contributed by atoms with E-state index < -0.39 is 0 Å². The third-order valence-electron chi connectivity index (χ3n) is 5.10. The number of amides is 2. The predicted octanol–water partition coefficient (Wildman–Crippen LogP) is 2.01. The summed E-state index contributed by atoms with van der Waals surface area (Å²) in [7, 11) is 5.49. The third-order valence-corrected chi connectivity index (χ3v) is 5.10. The number of nitrogens with one attached hydrogen (secondary N) is 2. The molecule has 0 saturated heterocycles. The molecule has 0 aliphatic carbocycles. The van der Waals surface area contributed by atoms with Gasteiger partial charge in [0.25, 0.3) is 11.8 Å². The summed E-state index contributed by atoms with van der Waals surface area (Å²) >= 11 is 0. The molecule has 7 nitrogen and oxygen atoms in total. The molecule has 1 aliphatic rings. The number of methoxy groups -OCH3 is 1. The quantitative estimate of drug-likeness (QED) is 0.759. The maximum Gasteiger partial charge on any atom is 0.252 e. The molecule has 1 aromatic rings. The Bertz CT molecular complexity index is 663. The Balaban J connectivity index is 2.25. The van der Waals surface area contributed by atoms with Gasteiger partial charge in [0.15, 0.2) is 0 Å². The Hall–Kier alpha value is -1.96. The molecule has 7 heteroatoms. The van der Waals surface area contributed by atoms with Gasteiger partial charge in [-0.25, -0.2) is 0 Å². The molecule has 0 radical (unpaired) electrons. The molecule has 0 unspecified atom stereocenters. The van der Waals surface area contributed by atoms with Crippen LogP contribution >= 0.6 is 0 Å². The number of carbonyl (C=O) groups excluding carboxylic acids is 2. The molecule has 0 spiro atoms. The van der Waals surface area contributed by atoms with Crippen LogP contribution in [0.2, 0.25) is 0 Å². The second-order valence-electron chi connectivity index (χ2n) is 7.83. The minimum atomic E-state index is -0.0875. The average molecular weight is 405 g/mol. The minimum absolute atomic E-state index is 0.0472. The molecular formula is C22H36N4O3. The lowest BCUT2D eigenvalue weighted by Crippen LogP contribution is -2.36. The summed E-state index contributed by atoms with van der Waals surface area (Å²) in [5, 5.41) is 6.43. The molecule has 1 heterocycles. The van der Waals surface area contributed by atoms with Crippen molar-refractivity contribution < 1.29 is 14.3 Å². The van der Waals surface area contributed by atoms with Crippen LogP contribution in [-0.4, -0.2) is 70.7 Å².